The molecule has 1 fully saturated rings. The SMILES string of the molecule is CC1CC1CN(C)C(=O)Nc1ccc(C(=O)O)c(F)c1. The van der Waals surface area contributed by atoms with Gasteiger partial charge in [-0.3, -0.25) is 0 Å². The van der Waals surface area contributed by atoms with Crippen LogP contribution in [0.2, 0.25) is 0 Å². The van der Waals surface area contributed by atoms with Crippen LogP contribution >= 0.6 is 0 Å². The van der Waals surface area contributed by atoms with Crippen LogP contribution < -0.4 is 5.32 Å². The summed E-state index contributed by atoms with van der Waals surface area (Å²) in [6, 6.07) is 3.19. The largest absolute Gasteiger partial charge is 0.478 e. The number of hydrogen-bond acceptors (Lipinski definition) is 2. The van der Waals surface area contributed by atoms with E-state index in [1.807, 2.05) is 0 Å². The van der Waals surface area contributed by atoms with Gasteiger partial charge in [0, 0.05) is 19.3 Å². The average Bonchev–Trinajstić information content (AvgIpc) is 3.04. The van der Waals surface area contributed by atoms with Gasteiger partial charge < -0.3 is 15.3 Å². The fourth-order valence-corrected chi connectivity index (χ4v) is 2.07. The Labute approximate surface area is 116 Å². The summed E-state index contributed by atoms with van der Waals surface area (Å²) in [7, 11) is 1.68. The third-order valence-electron chi connectivity index (χ3n) is 3.58. The number of hydrogen-bond donors (Lipinski definition) is 2. The fourth-order valence-electron chi connectivity index (χ4n) is 2.07. The Bertz CT molecular complexity index is 547. The van der Waals surface area contributed by atoms with Crippen molar-refractivity contribution in [2.24, 2.45) is 11.8 Å². The zero-order valence-corrected chi connectivity index (χ0v) is 11.4. The van der Waals surface area contributed by atoms with E-state index in [1.54, 1.807) is 11.9 Å². The minimum absolute atomic E-state index is 0.244. The van der Waals surface area contributed by atoms with Crippen LogP contribution in [0.3, 0.4) is 0 Å². The van der Waals surface area contributed by atoms with E-state index in [-0.39, 0.29) is 11.7 Å². The van der Waals surface area contributed by atoms with E-state index in [2.05, 4.69) is 12.2 Å². The molecule has 0 heterocycles. The molecule has 6 heteroatoms. The van der Waals surface area contributed by atoms with Crippen LogP contribution in [0.1, 0.15) is 23.7 Å². The zero-order valence-electron chi connectivity index (χ0n) is 11.4. The molecule has 2 atom stereocenters. The van der Waals surface area contributed by atoms with E-state index >= 15 is 0 Å². The summed E-state index contributed by atoms with van der Waals surface area (Å²) in [6.45, 7) is 2.80. The van der Waals surface area contributed by atoms with Gasteiger partial charge in [-0.25, -0.2) is 14.0 Å². The van der Waals surface area contributed by atoms with Crippen molar-refractivity contribution in [1.29, 1.82) is 0 Å². The molecule has 2 rings (SSSR count). The van der Waals surface area contributed by atoms with Crippen molar-refractivity contribution in [3.63, 3.8) is 0 Å². The molecule has 0 bridgehead atoms. The van der Waals surface area contributed by atoms with Crippen LogP contribution in [0.25, 0.3) is 0 Å². The van der Waals surface area contributed by atoms with Gasteiger partial charge in [0.15, 0.2) is 0 Å². The predicted octanol–water partition coefficient (Wildman–Crippen LogP) is 2.64. The van der Waals surface area contributed by atoms with Gasteiger partial charge in [-0.2, -0.15) is 0 Å². The number of carbonyl (C=O) groups excluding carboxylic acids is 1. The first kappa shape index (κ1) is 14.3. The lowest BCUT2D eigenvalue weighted by Crippen LogP contribution is -2.33. The van der Waals surface area contributed by atoms with Gasteiger partial charge in [-0.15, -0.1) is 0 Å². The second kappa shape index (κ2) is 5.48. The Balaban J connectivity index is 1.97. The van der Waals surface area contributed by atoms with Crippen molar-refractivity contribution >= 4 is 17.7 Å². The Hall–Kier alpha value is -2.11. The lowest BCUT2D eigenvalue weighted by atomic mass is 10.2. The van der Waals surface area contributed by atoms with E-state index < -0.39 is 17.3 Å². The smallest absolute Gasteiger partial charge is 0.338 e. The number of nitrogens with zero attached hydrogens (tertiary/aromatic N) is 1. The van der Waals surface area contributed by atoms with Gasteiger partial charge in [0.25, 0.3) is 0 Å². The molecule has 1 aliphatic carbocycles. The first-order chi connectivity index (χ1) is 9.38. The van der Waals surface area contributed by atoms with Crippen LogP contribution in [-0.4, -0.2) is 35.6 Å². The molecule has 108 valence electrons. The molecule has 20 heavy (non-hydrogen) atoms. The average molecular weight is 280 g/mol. The molecule has 1 aliphatic rings. The van der Waals surface area contributed by atoms with Gasteiger partial charge >= 0.3 is 12.0 Å². The summed E-state index contributed by atoms with van der Waals surface area (Å²) in [5.74, 6) is -1.01. The molecule has 1 aromatic rings. The molecule has 1 saturated carbocycles. The van der Waals surface area contributed by atoms with Gasteiger partial charge in [-0.05, 0) is 36.5 Å². The molecular formula is C14H17FN2O3. The first-order valence-corrected chi connectivity index (χ1v) is 6.43. The van der Waals surface area contributed by atoms with Crippen molar-refractivity contribution in [1.82, 2.24) is 4.90 Å². The van der Waals surface area contributed by atoms with Crippen molar-refractivity contribution in [3.05, 3.63) is 29.6 Å². The number of aromatic carboxylic acids is 1. The summed E-state index contributed by atoms with van der Waals surface area (Å²) < 4.78 is 13.5. The molecule has 2 N–H and O–H groups in total. The normalized spacial score (nSPS) is 20.4. The number of carboxylic acid groups (broad SMARTS) is 1. The number of carboxylic acids is 1. The third kappa shape index (κ3) is 3.26. The molecule has 5 nitrogen and oxygen atoms in total. The van der Waals surface area contributed by atoms with Crippen molar-refractivity contribution in [3.8, 4) is 0 Å². The molecule has 0 saturated heterocycles. The maximum atomic E-state index is 13.5. The lowest BCUT2D eigenvalue weighted by Gasteiger charge is -2.18. The van der Waals surface area contributed by atoms with Gasteiger partial charge in [-0.1, -0.05) is 6.92 Å². The monoisotopic (exact) mass is 280 g/mol. The molecule has 0 aliphatic heterocycles. The Morgan fingerprint density at radius 1 is 1.50 bits per heavy atom. The van der Waals surface area contributed by atoms with E-state index in [1.165, 1.54) is 6.07 Å². The molecule has 0 radical (unpaired) electrons. The second-order valence-corrected chi connectivity index (χ2v) is 5.28. The maximum Gasteiger partial charge on any atom is 0.338 e. The van der Waals surface area contributed by atoms with Crippen LogP contribution in [0.4, 0.5) is 14.9 Å². The number of amides is 2. The first-order valence-electron chi connectivity index (χ1n) is 6.43. The summed E-state index contributed by atoms with van der Waals surface area (Å²) in [4.78, 5) is 24.1. The molecule has 2 amide bonds. The van der Waals surface area contributed by atoms with Gasteiger partial charge in [0.05, 0.1) is 5.56 Å². The molecule has 0 aromatic heterocycles. The Morgan fingerprint density at radius 2 is 2.15 bits per heavy atom. The minimum atomic E-state index is -1.33. The summed E-state index contributed by atoms with van der Waals surface area (Å²) in [5, 5.41) is 11.3. The number of rotatable bonds is 4. The van der Waals surface area contributed by atoms with E-state index in [9.17, 15) is 14.0 Å². The quantitative estimate of drug-likeness (QED) is 0.890. The summed E-state index contributed by atoms with van der Waals surface area (Å²) in [6.07, 6.45) is 1.12. The Morgan fingerprint density at radius 3 is 2.65 bits per heavy atom. The van der Waals surface area contributed by atoms with Crippen LogP contribution in [0, 0.1) is 17.7 Å². The highest BCUT2D eigenvalue weighted by Gasteiger charge is 2.34. The predicted molar refractivity (Wildman–Crippen MR) is 72.3 cm³/mol. The van der Waals surface area contributed by atoms with Crippen LogP contribution in [-0.2, 0) is 0 Å². The maximum absolute atomic E-state index is 13.5. The number of urea groups is 1. The molecule has 0 spiro atoms. The number of halogens is 1. The van der Waals surface area contributed by atoms with Crippen molar-refractivity contribution < 1.29 is 19.1 Å². The Kier molecular flexibility index (Phi) is 3.92. The lowest BCUT2D eigenvalue weighted by molar-refractivity contribution is 0.0692. The highest BCUT2D eigenvalue weighted by atomic mass is 19.1. The highest BCUT2D eigenvalue weighted by molar-refractivity contribution is 5.91. The van der Waals surface area contributed by atoms with E-state index in [4.69, 9.17) is 5.11 Å². The molecule has 2 unspecified atom stereocenters. The number of carbonyl (C=O) groups is 2. The van der Waals surface area contributed by atoms with E-state index in [0.29, 0.717) is 18.4 Å². The van der Waals surface area contributed by atoms with E-state index in [0.717, 1.165) is 18.6 Å². The number of nitrogens with one attached hydrogen (secondary N) is 1. The molecular weight excluding hydrogens is 263 g/mol. The summed E-state index contributed by atoms with van der Waals surface area (Å²) in [5.41, 5.74) is -0.170. The van der Waals surface area contributed by atoms with Crippen LogP contribution in [0.15, 0.2) is 18.2 Å². The van der Waals surface area contributed by atoms with Gasteiger partial charge in [0.2, 0.25) is 0 Å². The van der Waals surface area contributed by atoms with Crippen molar-refractivity contribution in [2.75, 3.05) is 18.9 Å². The molecule has 1 aromatic carbocycles. The number of anilines is 1. The number of benzene rings is 1. The standard InChI is InChI=1S/C14H17FN2O3/c1-8-5-9(8)7-17(2)14(20)16-10-3-4-11(13(18)19)12(15)6-10/h3-4,6,8-9H,5,7H2,1-2H3,(H,16,20)(H,18,19). The highest BCUT2D eigenvalue weighted by Crippen LogP contribution is 2.37. The minimum Gasteiger partial charge on any atom is -0.478 e. The third-order valence-corrected chi connectivity index (χ3v) is 3.58. The van der Waals surface area contributed by atoms with Crippen molar-refractivity contribution in [2.45, 2.75) is 13.3 Å². The fraction of sp³-hybridized carbons (Fsp3) is 0.429. The zero-order chi connectivity index (χ0) is 14.9. The van der Waals surface area contributed by atoms with Gasteiger partial charge in [0.1, 0.15) is 5.82 Å². The topological polar surface area (TPSA) is 69.6 Å². The van der Waals surface area contributed by atoms with Crippen LogP contribution in [0.5, 0.6) is 0 Å². The second-order valence-electron chi connectivity index (χ2n) is 5.28. The summed E-state index contributed by atoms with van der Waals surface area (Å²) >= 11 is 0.